The summed E-state index contributed by atoms with van der Waals surface area (Å²) in [5.41, 5.74) is 0.982. The SMILES string of the molecule is CC(C)CCCN1C[C@@H](Cc2cnccn2)[C@H](O)C1. The highest BCUT2D eigenvalue weighted by Crippen LogP contribution is 2.21. The first-order chi connectivity index (χ1) is 9.15. The second-order valence-corrected chi connectivity index (χ2v) is 6.02. The van der Waals surface area contributed by atoms with E-state index in [0.717, 1.165) is 37.7 Å². The van der Waals surface area contributed by atoms with Crippen molar-refractivity contribution in [2.24, 2.45) is 11.8 Å². The van der Waals surface area contributed by atoms with E-state index in [9.17, 15) is 5.11 Å². The van der Waals surface area contributed by atoms with Crippen LogP contribution in [0.15, 0.2) is 18.6 Å². The molecule has 0 spiro atoms. The minimum atomic E-state index is -0.221. The van der Waals surface area contributed by atoms with Crippen LogP contribution in [0, 0.1) is 11.8 Å². The van der Waals surface area contributed by atoms with Gasteiger partial charge in [0.05, 0.1) is 11.8 Å². The van der Waals surface area contributed by atoms with Crippen molar-refractivity contribution in [2.75, 3.05) is 19.6 Å². The van der Waals surface area contributed by atoms with Crippen molar-refractivity contribution in [1.82, 2.24) is 14.9 Å². The average Bonchev–Trinajstić information content (AvgIpc) is 2.71. The summed E-state index contributed by atoms with van der Waals surface area (Å²) in [6.45, 7) is 7.41. The lowest BCUT2D eigenvalue weighted by Crippen LogP contribution is -2.23. The molecule has 0 saturated carbocycles. The van der Waals surface area contributed by atoms with Crippen LogP contribution in [-0.2, 0) is 6.42 Å². The van der Waals surface area contributed by atoms with Crippen molar-refractivity contribution in [2.45, 2.75) is 39.2 Å². The summed E-state index contributed by atoms with van der Waals surface area (Å²) in [6, 6.07) is 0. The monoisotopic (exact) mass is 263 g/mol. The predicted octanol–water partition coefficient (Wildman–Crippen LogP) is 1.75. The van der Waals surface area contributed by atoms with Crippen molar-refractivity contribution < 1.29 is 5.11 Å². The molecule has 2 atom stereocenters. The second kappa shape index (κ2) is 6.96. The van der Waals surface area contributed by atoms with Crippen LogP contribution in [0.5, 0.6) is 0 Å². The van der Waals surface area contributed by atoms with E-state index in [4.69, 9.17) is 0 Å². The smallest absolute Gasteiger partial charge is 0.0711 e. The Morgan fingerprint density at radius 2 is 2.21 bits per heavy atom. The number of nitrogens with zero attached hydrogens (tertiary/aromatic N) is 3. The van der Waals surface area contributed by atoms with E-state index in [1.165, 1.54) is 12.8 Å². The van der Waals surface area contributed by atoms with E-state index in [1.807, 2.05) is 0 Å². The molecule has 106 valence electrons. The van der Waals surface area contributed by atoms with Crippen LogP contribution in [0.25, 0.3) is 0 Å². The lowest BCUT2D eigenvalue weighted by atomic mass is 10.0. The molecule has 0 aromatic carbocycles. The van der Waals surface area contributed by atoms with Crippen LogP contribution in [0.4, 0.5) is 0 Å². The first-order valence-corrected chi connectivity index (χ1v) is 7.30. The number of aromatic nitrogens is 2. The highest BCUT2D eigenvalue weighted by Gasteiger charge is 2.31. The van der Waals surface area contributed by atoms with E-state index < -0.39 is 0 Å². The summed E-state index contributed by atoms with van der Waals surface area (Å²) in [4.78, 5) is 10.8. The van der Waals surface area contributed by atoms with Gasteiger partial charge in [0.25, 0.3) is 0 Å². The molecule has 1 aromatic rings. The fourth-order valence-corrected chi connectivity index (χ4v) is 2.75. The van der Waals surface area contributed by atoms with Gasteiger partial charge in [-0.15, -0.1) is 0 Å². The molecule has 1 aromatic heterocycles. The number of β-amino-alcohol motifs (C(OH)–C–C–N with tert-alkyl or cyclic N) is 1. The standard InChI is InChI=1S/C15H25N3O/c1-12(2)4-3-7-18-10-13(15(19)11-18)8-14-9-16-5-6-17-14/h5-6,9,12-13,15,19H,3-4,7-8,10-11H2,1-2H3/t13-,15-/m1/s1. The Bertz CT molecular complexity index is 369. The highest BCUT2D eigenvalue weighted by molar-refractivity contribution is 4.99. The zero-order valence-electron chi connectivity index (χ0n) is 12.0. The largest absolute Gasteiger partial charge is 0.391 e. The molecule has 4 nitrogen and oxygen atoms in total. The maximum absolute atomic E-state index is 10.1. The van der Waals surface area contributed by atoms with Gasteiger partial charge in [0, 0.05) is 37.6 Å². The minimum Gasteiger partial charge on any atom is -0.391 e. The molecule has 4 heteroatoms. The predicted molar refractivity (Wildman–Crippen MR) is 75.7 cm³/mol. The molecule has 2 heterocycles. The Morgan fingerprint density at radius 1 is 1.37 bits per heavy atom. The summed E-state index contributed by atoms with van der Waals surface area (Å²) in [7, 11) is 0. The van der Waals surface area contributed by atoms with Crippen molar-refractivity contribution in [3.8, 4) is 0 Å². The molecular formula is C15H25N3O. The quantitative estimate of drug-likeness (QED) is 0.849. The third-order valence-corrected chi connectivity index (χ3v) is 3.83. The second-order valence-electron chi connectivity index (χ2n) is 6.02. The van der Waals surface area contributed by atoms with Gasteiger partial charge in [-0.3, -0.25) is 9.97 Å². The molecule has 2 rings (SSSR count). The first kappa shape index (κ1) is 14.4. The molecule has 1 aliphatic rings. The molecule has 0 radical (unpaired) electrons. The van der Waals surface area contributed by atoms with Gasteiger partial charge >= 0.3 is 0 Å². The van der Waals surface area contributed by atoms with Gasteiger partial charge in [-0.2, -0.15) is 0 Å². The zero-order chi connectivity index (χ0) is 13.7. The number of rotatable bonds is 6. The van der Waals surface area contributed by atoms with E-state index in [-0.39, 0.29) is 6.10 Å². The molecule has 0 aliphatic carbocycles. The van der Waals surface area contributed by atoms with Crippen LogP contribution in [0.2, 0.25) is 0 Å². The van der Waals surface area contributed by atoms with E-state index in [2.05, 4.69) is 28.7 Å². The minimum absolute atomic E-state index is 0.221. The van der Waals surface area contributed by atoms with E-state index in [1.54, 1.807) is 18.6 Å². The normalized spacial score (nSPS) is 24.2. The van der Waals surface area contributed by atoms with Gasteiger partial charge in [-0.25, -0.2) is 0 Å². The number of hydrogen-bond acceptors (Lipinski definition) is 4. The maximum Gasteiger partial charge on any atom is 0.0711 e. The van der Waals surface area contributed by atoms with Crippen molar-refractivity contribution in [3.05, 3.63) is 24.3 Å². The fourth-order valence-electron chi connectivity index (χ4n) is 2.75. The van der Waals surface area contributed by atoms with Gasteiger partial charge in [-0.05, 0) is 31.7 Å². The van der Waals surface area contributed by atoms with E-state index >= 15 is 0 Å². The molecule has 19 heavy (non-hydrogen) atoms. The molecular weight excluding hydrogens is 238 g/mol. The van der Waals surface area contributed by atoms with Gasteiger partial charge in [0.1, 0.15) is 0 Å². The first-order valence-electron chi connectivity index (χ1n) is 7.30. The molecule has 1 saturated heterocycles. The number of hydrogen-bond donors (Lipinski definition) is 1. The molecule has 0 unspecified atom stereocenters. The van der Waals surface area contributed by atoms with E-state index in [0.29, 0.717) is 5.92 Å². The van der Waals surface area contributed by atoms with Crippen molar-refractivity contribution >= 4 is 0 Å². The third kappa shape index (κ3) is 4.55. The van der Waals surface area contributed by atoms with Crippen LogP contribution in [0.1, 0.15) is 32.4 Å². The molecule has 0 bridgehead atoms. The maximum atomic E-state index is 10.1. The van der Waals surface area contributed by atoms with Gasteiger partial charge in [0.2, 0.25) is 0 Å². The van der Waals surface area contributed by atoms with Gasteiger partial charge < -0.3 is 10.0 Å². The number of aliphatic hydroxyl groups is 1. The van der Waals surface area contributed by atoms with Crippen LogP contribution in [0.3, 0.4) is 0 Å². The third-order valence-electron chi connectivity index (χ3n) is 3.83. The Hall–Kier alpha value is -1.00. The number of aliphatic hydroxyl groups excluding tert-OH is 1. The van der Waals surface area contributed by atoms with Crippen LogP contribution in [-0.4, -0.2) is 45.7 Å². The summed E-state index contributed by atoms with van der Waals surface area (Å²) < 4.78 is 0. The average molecular weight is 263 g/mol. The topological polar surface area (TPSA) is 49.2 Å². The summed E-state index contributed by atoms with van der Waals surface area (Å²) in [5, 5.41) is 10.1. The molecule has 0 amide bonds. The Kier molecular flexibility index (Phi) is 5.28. The van der Waals surface area contributed by atoms with Gasteiger partial charge in [-0.1, -0.05) is 13.8 Å². The zero-order valence-corrected chi connectivity index (χ0v) is 12.0. The van der Waals surface area contributed by atoms with Crippen molar-refractivity contribution in [1.29, 1.82) is 0 Å². The highest BCUT2D eigenvalue weighted by atomic mass is 16.3. The number of likely N-dealkylation sites (tertiary alicyclic amines) is 1. The lowest BCUT2D eigenvalue weighted by Gasteiger charge is -2.16. The lowest BCUT2D eigenvalue weighted by molar-refractivity contribution is 0.141. The Morgan fingerprint density at radius 3 is 2.89 bits per heavy atom. The Balaban J connectivity index is 1.77. The molecule has 1 aliphatic heterocycles. The van der Waals surface area contributed by atoms with Gasteiger partial charge in [0.15, 0.2) is 0 Å². The summed E-state index contributed by atoms with van der Waals surface area (Å²) in [5.74, 6) is 1.07. The molecule has 1 fully saturated rings. The van der Waals surface area contributed by atoms with Crippen LogP contribution < -0.4 is 0 Å². The molecule has 1 N–H and O–H groups in total. The summed E-state index contributed by atoms with van der Waals surface area (Å²) >= 11 is 0. The van der Waals surface area contributed by atoms with Crippen LogP contribution >= 0.6 is 0 Å². The van der Waals surface area contributed by atoms with Crippen molar-refractivity contribution in [3.63, 3.8) is 0 Å². The summed E-state index contributed by atoms with van der Waals surface area (Å²) in [6.07, 6.45) is 8.30. The fraction of sp³-hybridized carbons (Fsp3) is 0.733. The Labute approximate surface area is 115 Å².